The quantitative estimate of drug-likeness (QED) is 0.357. The van der Waals surface area contributed by atoms with Crippen LogP contribution in [0.2, 0.25) is 0 Å². The van der Waals surface area contributed by atoms with Gasteiger partial charge in [-0.2, -0.15) is 0 Å². The van der Waals surface area contributed by atoms with Crippen molar-refractivity contribution in [2.75, 3.05) is 0 Å². The molecule has 1 saturated heterocycles. The molecule has 0 saturated carbocycles. The van der Waals surface area contributed by atoms with Crippen LogP contribution in [0.1, 0.15) is 13.8 Å². The van der Waals surface area contributed by atoms with Gasteiger partial charge in [-0.05, 0) is 12.8 Å². The van der Waals surface area contributed by atoms with Crippen molar-refractivity contribution in [2.45, 2.75) is 19.6 Å². The molecule has 3 heteroatoms. The summed E-state index contributed by atoms with van der Waals surface area (Å²) in [6.07, 6.45) is -0.653. The number of rotatable bonds is 0. The van der Waals surface area contributed by atoms with Gasteiger partial charge >= 0.3 is 11.9 Å². The molecule has 0 aromatic rings. The lowest BCUT2D eigenvalue weighted by molar-refractivity contribution is -0.221. The topological polar surface area (TPSA) is 35.5 Å². The molecule has 0 aromatic heterocycles. The van der Waals surface area contributed by atoms with Crippen molar-refractivity contribution >= 4 is 6.16 Å². The second-order valence-corrected chi connectivity index (χ2v) is 1.77. The molecule has 1 aliphatic rings. The lowest BCUT2D eigenvalue weighted by atomic mass is 10.3. The highest BCUT2D eigenvalue weighted by Crippen LogP contribution is 2.22. The largest absolute Gasteiger partial charge is 0.516 e. The first-order valence-electron chi connectivity index (χ1n) is 2.52. The molecular weight excluding hydrogens is 120 g/mol. The Hall–Kier alpha value is -1.17. The molecule has 1 aliphatic heterocycles. The molecule has 0 bridgehead atoms. The number of cyclic esters (lactones) is 2. The first kappa shape index (κ1) is 5.96. The summed E-state index contributed by atoms with van der Waals surface area (Å²) < 4.78 is 9.06. The Labute approximate surface area is 52.9 Å². The molecule has 0 unspecified atom stereocenters. The highest BCUT2D eigenvalue weighted by Gasteiger charge is 2.42. The summed E-state index contributed by atoms with van der Waals surface area (Å²) in [4.78, 5) is 10.1. The van der Waals surface area contributed by atoms with Gasteiger partial charge in [-0.1, -0.05) is 5.92 Å². The molecule has 0 amide bonds. The van der Waals surface area contributed by atoms with Crippen molar-refractivity contribution in [3.8, 4) is 11.8 Å². The van der Waals surface area contributed by atoms with E-state index in [0.717, 1.165) is 0 Å². The van der Waals surface area contributed by atoms with Crippen molar-refractivity contribution in [3.05, 3.63) is 0 Å². The van der Waals surface area contributed by atoms with E-state index in [1.165, 1.54) is 0 Å². The minimum absolute atomic E-state index is 0.653. The predicted molar refractivity (Wildman–Crippen MR) is 29.4 cm³/mol. The molecule has 48 valence electrons. The van der Waals surface area contributed by atoms with Crippen LogP contribution in [0.15, 0.2) is 0 Å². The van der Waals surface area contributed by atoms with Gasteiger partial charge in [0.05, 0.1) is 0 Å². The van der Waals surface area contributed by atoms with E-state index in [9.17, 15) is 4.79 Å². The maximum absolute atomic E-state index is 10.1. The van der Waals surface area contributed by atoms with Crippen LogP contribution in [0.5, 0.6) is 0 Å². The summed E-state index contributed by atoms with van der Waals surface area (Å²) >= 11 is 0. The number of carbonyl (C=O) groups excluding carboxylic acids is 1. The highest BCUT2D eigenvalue weighted by molar-refractivity contribution is 5.66. The minimum atomic E-state index is -0.966. The SMILES string of the molecule is CC#CC1(C)OC(=O)O1. The van der Waals surface area contributed by atoms with Gasteiger partial charge in [0, 0.05) is 6.92 Å². The van der Waals surface area contributed by atoms with Gasteiger partial charge in [-0.25, -0.2) is 4.79 Å². The molecule has 1 rings (SSSR count). The summed E-state index contributed by atoms with van der Waals surface area (Å²) in [5, 5.41) is 0. The van der Waals surface area contributed by atoms with Gasteiger partial charge in [-0.3, -0.25) is 0 Å². The third kappa shape index (κ3) is 0.968. The van der Waals surface area contributed by atoms with Crippen LogP contribution >= 0.6 is 0 Å². The molecule has 0 spiro atoms. The van der Waals surface area contributed by atoms with Crippen molar-refractivity contribution in [3.63, 3.8) is 0 Å². The average Bonchev–Trinajstić information content (AvgIpc) is 1.62. The standard InChI is InChI=1S/C6H6O3/c1-3-4-6(2)8-5(7)9-6/h1-2H3. The second kappa shape index (κ2) is 1.66. The molecule has 1 heterocycles. The number of carbonyl (C=O) groups is 1. The zero-order valence-corrected chi connectivity index (χ0v) is 5.22. The molecule has 0 radical (unpaired) electrons. The first-order valence-corrected chi connectivity index (χ1v) is 2.52. The van der Waals surface area contributed by atoms with E-state index in [1.807, 2.05) is 0 Å². The van der Waals surface area contributed by atoms with Crippen molar-refractivity contribution in [1.29, 1.82) is 0 Å². The van der Waals surface area contributed by atoms with Crippen LogP contribution in [-0.4, -0.2) is 11.9 Å². The molecular formula is C6H6O3. The molecule has 0 aromatic carbocycles. The van der Waals surface area contributed by atoms with Gasteiger partial charge in [-0.15, -0.1) is 0 Å². The van der Waals surface area contributed by atoms with Crippen LogP contribution in [0.3, 0.4) is 0 Å². The van der Waals surface area contributed by atoms with Gasteiger partial charge < -0.3 is 9.47 Å². The Balaban J connectivity index is 2.56. The molecule has 9 heavy (non-hydrogen) atoms. The maximum atomic E-state index is 10.1. The van der Waals surface area contributed by atoms with Crippen molar-refractivity contribution in [1.82, 2.24) is 0 Å². The summed E-state index contributed by atoms with van der Waals surface area (Å²) in [6, 6.07) is 0. The molecule has 3 nitrogen and oxygen atoms in total. The molecule has 1 fully saturated rings. The summed E-state index contributed by atoms with van der Waals surface area (Å²) in [5.41, 5.74) is 0. The van der Waals surface area contributed by atoms with Gasteiger partial charge in [0.15, 0.2) is 0 Å². The van der Waals surface area contributed by atoms with Gasteiger partial charge in [0.25, 0.3) is 0 Å². The van der Waals surface area contributed by atoms with Crippen LogP contribution in [0, 0.1) is 11.8 Å². The third-order valence-electron chi connectivity index (χ3n) is 0.908. The average molecular weight is 126 g/mol. The lowest BCUT2D eigenvalue weighted by Gasteiger charge is -2.31. The van der Waals surface area contributed by atoms with Gasteiger partial charge in [0.2, 0.25) is 0 Å². The third-order valence-corrected chi connectivity index (χ3v) is 0.908. The number of hydrogen-bond donors (Lipinski definition) is 0. The summed E-state index contributed by atoms with van der Waals surface area (Å²) in [6.45, 7) is 3.24. The molecule has 0 atom stereocenters. The van der Waals surface area contributed by atoms with E-state index in [1.54, 1.807) is 13.8 Å². The van der Waals surface area contributed by atoms with Crippen LogP contribution in [0.4, 0.5) is 4.79 Å². The van der Waals surface area contributed by atoms with Gasteiger partial charge in [0.1, 0.15) is 0 Å². The van der Waals surface area contributed by atoms with E-state index in [2.05, 4.69) is 21.3 Å². The fourth-order valence-corrected chi connectivity index (χ4v) is 0.604. The smallest absolute Gasteiger partial charge is 0.379 e. The van der Waals surface area contributed by atoms with Crippen molar-refractivity contribution < 1.29 is 14.3 Å². The van der Waals surface area contributed by atoms with Crippen LogP contribution in [0.25, 0.3) is 0 Å². The first-order chi connectivity index (χ1) is 4.16. The molecule has 0 aliphatic carbocycles. The van der Waals surface area contributed by atoms with Crippen LogP contribution < -0.4 is 0 Å². The Morgan fingerprint density at radius 3 is 2.44 bits per heavy atom. The van der Waals surface area contributed by atoms with E-state index in [0.29, 0.717) is 0 Å². The number of hydrogen-bond acceptors (Lipinski definition) is 3. The van der Waals surface area contributed by atoms with E-state index in [4.69, 9.17) is 0 Å². The van der Waals surface area contributed by atoms with E-state index >= 15 is 0 Å². The Morgan fingerprint density at radius 1 is 1.56 bits per heavy atom. The zero-order chi connectivity index (χ0) is 6.91. The monoisotopic (exact) mass is 126 g/mol. The zero-order valence-electron chi connectivity index (χ0n) is 5.22. The summed E-state index contributed by atoms with van der Waals surface area (Å²) in [5.74, 6) is 4.19. The fourth-order valence-electron chi connectivity index (χ4n) is 0.604. The fraction of sp³-hybridized carbons (Fsp3) is 0.500. The van der Waals surface area contributed by atoms with E-state index < -0.39 is 11.9 Å². The Morgan fingerprint density at radius 2 is 2.11 bits per heavy atom. The Bertz CT molecular complexity index is 188. The predicted octanol–water partition coefficient (Wildman–Crippen LogP) is 0.893. The maximum Gasteiger partial charge on any atom is 0.516 e. The Kier molecular flexibility index (Phi) is 1.10. The van der Waals surface area contributed by atoms with E-state index in [-0.39, 0.29) is 0 Å². The highest BCUT2D eigenvalue weighted by atomic mass is 16.9. The van der Waals surface area contributed by atoms with Crippen LogP contribution in [-0.2, 0) is 9.47 Å². The lowest BCUT2D eigenvalue weighted by Crippen LogP contribution is -2.46. The summed E-state index contributed by atoms with van der Waals surface area (Å²) in [7, 11) is 0. The number of ether oxygens (including phenoxy) is 2. The second-order valence-electron chi connectivity index (χ2n) is 1.77. The van der Waals surface area contributed by atoms with Crippen molar-refractivity contribution in [2.24, 2.45) is 0 Å². The normalized spacial score (nSPS) is 20.0. The molecule has 0 N–H and O–H groups in total. The minimum Gasteiger partial charge on any atom is -0.379 e.